The molecule has 4 heteroatoms. The monoisotopic (exact) mass is 213 g/mol. The molecule has 3 heterocycles. The molecule has 3 aromatic rings. The first-order valence-corrected chi connectivity index (χ1v) is 5.35. The van der Waals surface area contributed by atoms with Crippen LogP contribution < -0.4 is 0 Å². The third kappa shape index (κ3) is 1.49. The molecule has 0 amide bonds. The number of hydrogen-bond acceptors (Lipinski definition) is 4. The van der Waals surface area contributed by atoms with Crippen molar-refractivity contribution in [2.24, 2.45) is 0 Å². The van der Waals surface area contributed by atoms with Gasteiger partial charge in [0.25, 0.3) is 0 Å². The van der Waals surface area contributed by atoms with Crippen molar-refractivity contribution in [2.75, 3.05) is 0 Å². The quantitative estimate of drug-likeness (QED) is 0.624. The van der Waals surface area contributed by atoms with E-state index in [9.17, 15) is 0 Å². The molecular formula is C11H7N3S. The Kier molecular flexibility index (Phi) is 1.93. The van der Waals surface area contributed by atoms with Crippen molar-refractivity contribution < 1.29 is 0 Å². The Balaban J connectivity index is 2.21. The third-order valence-corrected chi connectivity index (χ3v) is 3.27. The van der Waals surface area contributed by atoms with E-state index in [2.05, 4.69) is 21.0 Å². The summed E-state index contributed by atoms with van der Waals surface area (Å²) in [6.07, 6.45) is 7.01. The summed E-state index contributed by atoms with van der Waals surface area (Å²) in [6, 6.07) is 6.10. The van der Waals surface area contributed by atoms with Crippen molar-refractivity contribution >= 4 is 21.6 Å². The summed E-state index contributed by atoms with van der Waals surface area (Å²) in [4.78, 5) is 14.5. The van der Waals surface area contributed by atoms with Gasteiger partial charge in [0.15, 0.2) is 0 Å². The standard InChI is InChI=1S/C11H7N3S/c1-3-12-4-2-8(1)10-5-9-6-13-7-14-11(9)15-10/h1-7H. The average molecular weight is 213 g/mol. The highest BCUT2D eigenvalue weighted by atomic mass is 32.1. The van der Waals surface area contributed by atoms with Crippen LogP contribution in [0, 0.1) is 0 Å². The van der Waals surface area contributed by atoms with Crippen LogP contribution in [0.15, 0.2) is 43.1 Å². The Morgan fingerprint density at radius 2 is 1.93 bits per heavy atom. The van der Waals surface area contributed by atoms with Crippen molar-refractivity contribution in [3.05, 3.63) is 43.1 Å². The van der Waals surface area contributed by atoms with Gasteiger partial charge < -0.3 is 0 Å². The van der Waals surface area contributed by atoms with Gasteiger partial charge >= 0.3 is 0 Å². The van der Waals surface area contributed by atoms with E-state index in [0.717, 1.165) is 10.2 Å². The smallest absolute Gasteiger partial charge is 0.127 e. The SMILES string of the molecule is c1cc(-c2cc3cncnc3s2)ccn1. The highest BCUT2D eigenvalue weighted by Gasteiger charge is 2.03. The zero-order chi connectivity index (χ0) is 10.1. The van der Waals surface area contributed by atoms with Crippen molar-refractivity contribution in [1.29, 1.82) is 0 Å². The van der Waals surface area contributed by atoms with Crippen molar-refractivity contribution in [2.45, 2.75) is 0 Å². The van der Waals surface area contributed by atoms with Crippen LogP contribution in [0.25, 0.3) is 20.7 Å². The second kappa shape index (κ2) is 3.40. The fraction of sp³-hybridized carbons (Fsp3) is 0. The maximum absolute atomic E-state index is 4.22. The molecule has 3 rings (SSSR count). The minimum absolute atomic E-state index is 1.02. The average Bonchev–Trinajstić information content (AvgIpc) is 2.74. The molecule has 3 aromatic heterocycles. The zero-order valence-electron chi connectivity index (χ0n) is 7.79. The number of hydrogen-bond donors (Lipinski definition) is 0. The molecule has 0 saturated carbocycles. The zero-order valence-corrected chi connectivity index (χ0v) is 8.61. The van der Waals surface area contributed by atoms with E-state index < -0.39 is 0 Å². The van der Waals surface area contributed by atoms with Gasteiger partial charge in [-0.1, -0.05) is 0 Å². The summed E-state index contributed by atoms with van der Waals surface area (Å²) >= 11 is 1.67. The fourth-order valence-electron chi connectivity index (χ4n) is 1.45. The van der Waals surface area contributed by atoms with Gasteiger partial charge in [-0.05, 0) is 23.8 Å². The van der Waals surface area contributed by atoms with E-state index in [4.69, 9.17) is 0 Å². The third-order valence-electron chi connectivity index (χ3n) is 2.16. The lowest BCUT2D eigenvalue weighted by molar-refractivity contribution is 1.23. The molecule has 72 valence electrons. The molecule has 15 heavy (non-hydrogen) atoms. The predicted octanol–water partition coefficient (Wildman–Crippen LogP) is 2.75. The molecule has 0 aliphatic carbocycles. The van der Waals surface area contributed by atoms with Gasteiger partial charge in [0.2, 0.25) is 0 Å². The van der Waals surface area contributed by atoms with E-state index >= 15 is 0 Å². The maximum atomic E-state index is 4.22. The number of nitrogens with zero attached hydrogens (tertiary/aromatic N) is 3. The number of aromatic nitrogens is 3. The van der Waals surface area contributed by atoms with Gasteiger partial charge in [0, 0.05) is 28.9 Å². The molecule has 0 aliphatic rings. The van der Waals surface area contributed by atoms with E-state index in [1.807, 2.05) is 18.3 Å². The lowest BCUT2D eigenvalue weighted by Gasteiger charge is -1.92. The van der Waals surface area contributed by atoms with Crippen LogP contribution in [0.2, 0.25) is 0 Å². The lowest BCUT2D eigenvalue weighted by atomic mass is 10.2. The number of thiophene rings is 1. The molecule has 3 nitrogen and oxygen atoms in total. The number of rotatable bonds is 1. The highest BCUT2D eigenvalue weighted by molar-refractivity contribution is 7.21. The van der Waals surface area contributed by atoms with Crippen molar-refractivity contribution in [3.8, 4) is 10.4 Å². The normalized spacial score (nSPS) is 10.7. The van der Waals surface area contributed by atoms with E-state index in [0.29, 0.717) is 0 Å². The van der Waals surface area contributed by atoms with Gasteiger partial charge in [0.1, 0.15) is 11.2 Å². The predicted molar refractivity (Wildman–Crippen MR) is 60.6 cm³/mol. The molecule has 0 bridgehead atoms. The van der Waals surface area contributed by atoms with Crippen LogP contribution in [-0.2, 0) is 0 Å². The van der Waals surface area contributed by atoms with Crippen LogP contribution in [-0.4, -0.2) is 15.0 Å². The van der Waals surface area contributed by atoms with Crippen molar-refractivity contribution in [1.82, 2.24) is 15.0 Å². The number of pyridine rings is 1. The lowest BCUT2D eigenvalue weighted by Crippen LogP contribution is -1.72. The second-order valence-electron chi connectivity index (χ2n) is 3.13. The Bertz CT molecular complexity index is 556. The Hall–Kier alpha value is -1.81. The van der Waals surface area contributed by atoms with Gasteiger partial charge in [-0.2, -0.15) is 0 Å². The topological polar surface area (TPSA) is 38.7 Å². The van der Waals surface area contributed by atoms with Crippen LogP contribution in [0.5, 0.6) is 0 Å². The highest BCUT2D eigenvalue weighted by Crippen LogP contribution is 2.31. The molecule has 0 fully saturated rings. The molecular weight excluding hydrogens is 206 g/mol. The molecule has 0 radical (unpaired) electrons. The molecule has 0 atom stereocenters. The summed E-state index contributed by atoms with van der Waals surface area (Å²) in [7, 11) is 0. The van der Waals surface area contributed by atoms with Crippen LogP contribution >= 0.6 is 11.3 Å². The molecule has 0 spiro atoms. The van der Waals surface area contributed by atoms with E-state index in [-0.39, 0.29) is 0 Å². The first-order chi connectivity index (χ1) is 7.43. The van der Waals surface area contributed by atoms with Gasteiger partial charge in [-0.15, -0.1) is 11.3 Å². The number of fused-ring (bicyclic) bond motifs is 1. The van der Waals surface area contributed by atoms with Crippen molar-refractivity contribution in [3.63, 3.8) is 0 Å². The molecule has 0 N–H and O–H groups in total. The summed E-state index contributed by atoms with van der Waals surface area (Å²) in [5.41, 5.74) is 1.17. The Morgan fingerprint density at radius 3 is 2.73 bits per heavy atom. The largest absolute Gasteiger partial charge is 0.265 e. The second-order valence-corrected chi connectivity index (χ2v) is 4.16. The van der Waals surface area contributed by atoms with Gasteiger partial charge in [0.05, 0.1) is 0 Å². The summed E-state index contributed by atoms with van der Waals surface area (Å²) in [6.45, 7) is 0. The maximum Gasteiger partial charge on any atom is 0.127 e. The fourth-order valence-corrected chi connectivity index (χ4v) is 2.42. The van der Waals surface area contributed by atoms with Gasteiger partial charge in [-0.3, -0.25) is 4.98 Å². The molecule has 0 unspecified atom stereocenters. The van der Waals surface area contributed by atoms with E-state index in [1.165, 1.54) is 10.4 Å². The summed E-state index contributed by atoms with van der Waals surface area (Å²) in [5.74, 6) is 0. The molecule has 0 aromatic carbocycles. The minimum Gasteiger partial charge on any atom is -0.265 e. The first kappa shape index (κ1) is 8.49. The van der Waals surface area contributed by atoms with Gasteiger partial charge in [-0.25, -0.2) is 9.97 Å². The van der Waals surface area contributed by atoms with Crippen LogP contribution in [0.3, 0.4) is 0 Å². The van der Waals surface area contributed by atoms with E-state index in [1.54, 1.807) is 30.1 Å². The van der Waals surface area contributed by atoms with Crippen LogP contribution in [0.4, 0.5) is 0 Å². The Labute approximate surface area is 90.5 Å². The summed E-state index contributed by atoms with van der Waals surface area (Å²) in [5, 5.41) is 1.09. The molecule has 0 aliphatic heterocycles. The molecule has 0 saturated heterocycles. The van der Waals surface area contributed by atoms with Crippen LogP contribution in [0.1, 0.15) is 0 Å². The minimum atomic E-state index is 1.02. The first-order valence-electron chi connectivity index (χ1n) is 4.53. The Morgan fingerprint density at radius 1 is 1.07 bits per heavy atom. The summed E-state index contributed by atoms with van der Waals surface area (Å²) < 4.78 is 0.